The maximum absolute atomic E-state index is 4.71. The molecule has 0 radical (unpaired) electrons. The lowest BCUT2D eigenvalue weighted by atomic mass is 10.1. The Bertz CT molecular complexity index is 824. The third-order valence-corrected chi connectivity index (χ3v) is 4.33. The first-order valence-electron chi connectivity index (χ1n) is 7.48. The van der Waals surface area contributed by atoms with Crippen molar-refractivity contribution < 1.29 is 0 Å². The van der Waals surface area contributed by atoms with E-state index in [1.54, 1.807) is 0 Å². The Morgan fingerprint density at radius 2 is 1.48 bits per heavy atom. The Morgan fingerprint density at radius 1 is 0.826 bits per heavy atom. The smallest absolute Gasteiger partial charge is 0.161 e. The molecule has 0 aliphatic heterocycles. The third kappa shape index (κ3) is 3.59. The Hall–Kier alpha value is -2.20. The predicted molar refractivity (Wildman–Crippen MR) is 99.1 cm³/mol. The van der Waals surface area contributed by atoms with Gasteiger partial charge in [0.2, 0.25) is 0 Å². The van der Waals surface area contributed by atoms with Crippen molar-refractivity contribution >= 4 is 27.4 Å². The van der Waals surface area contributed by atoms with Gasteiger partial charge in [-0.1, -0.05) is 45.8 Å². The van der Waals surface area contributed by atoms with Gasteiger partial charge in [0.1, 0.15) is 5.82 Å². The van der Waals surface area contributed by atoms with Gasteiger partial charge in [-0.25, -0.2) is 9.97 Å². The van der Waals surface area contributed by atoms with E-state index in [1.165, 1.54) is 5.56 Å². The highest BCUT2D eigenvalue weighted by molar-refractivity contribution is 9.10. The molecule has 116 valence electrons. The average Bonchev–Trinajstić information content (AvgIpc) is 2.54. The summed E-state index contributed by atoms with van der Waals surface area (Å²) in [6.07, 6.45) is 0. The lowest BCUT2D eigenvalue weighted by Crippen LogP contribution is -2.03. The van der Waals surface area contributed by atoms with Crippen molar-refractivity contribution in [2.24, 2.45) is 0 Å². The number of aromatic nitrogens is 2. The van der Waals surface area contributed by atoms with Crippen LogP contribution in [0.1, 0.15) is 16.8 Å². The van der Waals surface area contributed by atoms with Crippen molar-refractivity contribution in [2.45, 2.75) is 20.8 Å². The highest BCUT2D eigenvalue weighted by Crippen LogP contribution is 2.25. The Balaban J connectivity index is 1.99. The van der Waals surface area contributed by atoms with E-state index < -0.39 is 0 Å². The van der Waals surface area contributed by atoms with E-state index in [-0.39, 0.29) is 0 Å². The highest BCUT2D eigenvalue weighted by Gasteiger charge is 2.10. The van der Waals surface area contributed by atoms with Crippen LogP contribution in [0.25, 0.3) is 11.4 Å². The molecule has 0 amide bonds. The molecule has 0 saturated heterocycles. The van der Waals surface area contributed by atoms with E-state index in [0.29, 0.717) is 0 Å². The van der Waals surface area contributed by atoms with Gasteiger partial charge >= 0.3 is 0 Å². The summed E-state index contributed by atoms with van der Waals surface area (Å²) in [5.74, 6) is 1.58. The van der Waals surface area contributed by atoms with Crippen molar-refractivity contribution in [3.8, 4) is 11.4 Å². The summed E-state index contributed by atoms with van der Waals surface area (Å²) in [6, 6.07) is 16.3. The van der Waals surface area contributed by atoms with Crippen molar-refractivity contribution in [1.82, 2.24) is 9.97 Å². The molecular formula is C19H18BrN3. The van der Waals surface area contributed by atoms with Gasteiger partial charge in [0.05, 0.1) is 0 Å². The molecule has 3 rings (SSSR count). The molecule has 3 aromatic rings. The fourth-order valence-electron chi connectivity index (χ4n) is 2.25. The van der Waals surface area contributed by atoms with Gasteiger partial charge in [0.25, 0.3) is 0 Å². The molecule has 4 heteroatoms. The first-order chi connectivity index (χ1) is 11.0. The lowest BCUT2D eigenvalue weighted by Gasteiger charge is -2.13. The second-order valence-electron chi connectivity index (χ2n) is 5.60. The number of aryl methyl sites for hydroxylation is 2. The minimum absolute atomic E-state index is 0.732. The van der Waals surface area contributed by atoms with E-state index in [1.807, 2.05) is 38.1 Å². The van der Waals surface area contributed by atoms with Crippen LogP contribution in [0.15, 0.2) is 53.0 Å². The maximum atomic E-state index is 4.71. The number of hydrogen-bond acceptors (Lipinski definition) is 3. The molecule has 1 N–H and O–H groups in total. The van der Waals surface area contributed by atoms with Crippen molar-refractivity contribution in [3.63, 3.8) is 0 Å². The number of benzene rings is 2. The number of nitrogens with one attached hydrogen (secondary N) is 1. The van der Waals surface area contributed by atoms with Gasteiger partial charge in [-0.05, 0) is 45.0 Å². The molecule has 23 heavy (non-hydrogen) atoms. The molecule has 0 atom stereocenters. The first kappa shape index (κ1) is 15.7. The topological polar surface area (TPSA) is 37.8 Å². The molecule has 0 aliphatic carbocycles. The molecule has 0 fully saturated rings. The Kier molecular flexibility index (Phi) is 4.44. The molecular weight excluding hydrogens is 350 g/mol. The van der Waals surface area contributed by atoms with Crippen LogP contribution in [0, 0.1) is 20.8 Å². The van der Waals surface area contributed by atoms with E-state index in [9.17, 15) is 0 Å². The zero-order chi connectivity index (χ0) is 16.4. The summed E-state index contributed by atoms with van der Waals surface area (Å²) in [7, 11) is 0. The standard InChI is InChI=1S/C19H18BrN3/c1-12-4-10-17(11-5-12)22-18-13(2)14(3)21-19(23-18)15-6-8-16(20)9-7-15/h4-11H,1-3H3,(H,21,22,23). The van der Waals surface area contributed by atoms with Crippen LogP contribution >= 0.6 is 15.9 Å². The summed E-state index contributed by atoms with van der Waals surface area (Å²) in [6.45, 7) is 6.13. The van der Waals surface area contributed by atoms with Gasteiger partial charge in [-0.2, -0.15) is 0 Å². The quantitative estimate of drug-likeness (QED) is 0.656. The average molecular weight is 368 g/mol. The van der Waals surface area contributed by atoms with E-state index in [2.05, 4.69) is 57.4 Å². The fourth-order valence-corrected chi connectivity index (χ4v) is 2.52. The summed E-state index contributed by atoms with van der Waals surface area (Å²) in [4.78, 5) is 9.34. The molecule has 1 heterocycles. The van der Waals surface area contributed by atoms with Gasteiger partial charge in [-0.15, -0.1) is 0 Å². The SMILES string of the molecule is Cc1ccc(Nc2nc(-c3ccc(Br)cc3)nc(C)c2C)cc1. The number of nitrogens with zero attached hydrogens (tertiary/aromatic N) is 2. The number of rotatable bonds is 3. The minimum Gasteiger partial charge on any atom is -0.340 e. The van der Waals surface area contributed by atoms with Crippen LogP contribution in [0.2, 0.25) is 0 Å². The number of halogens is 1. The number of hydrogen-bond donors (Lipinski definition) is 1. The molecule has 0 unspecified atom stereocenters. The van der Waals surface area contributed by atoms with Crippen LogP contribution in [-0.2, 0) is 0 Å². The summed E-state index contributed by atoms with van der Waals surface area (Å²) >= 11 is 3.46. The monoisotopic (exact) mass is 367 g/mol. The fraction of sp³-hybridized carbons (Fsp3) is 0.158. The minimum atomic E-state index is 0.732. The van der Waals surface area contributed by atoms with Crippen LogP contribution in [-0.4, -0.2) is 9.97 Å². The Labute approximate surface area is 144 Å². The molecule has 0 saturated carbocycles. The van der Waals surface area contributed by atoms with Crippen LogP contribution in [0.4, 0.5) is 11.5 Å². The summed E-state index contributed by atoms with van der Waals surface area (Å²) < 4.78 is 1.04. The molecule has 0 spiro atoms. The van der Waals surface area contributed by atoms with Crippen molar-refractivity contribution in [3.05, 3.63) is 69.8 Å². The third-order valence-electron chi connectivity index (χ3n) is 3.81. The van der Waals surface area contributed by atoms with Crippen molar-refractivity contribution in [2.75, 3.05) is 5.32 Å². The highest BCUT2D eigenvalue weighted by atomic mass is 79.9. The largest absolute Gasteiger partial charge is 0.340 e. The maximum Gasteiger partial charge on any atom is 0.161 e. The van der Waals surface area contributed by atoms with E-state index in [0.717, 1.165) is 38.6 Å². The number of anilines is 2. The van der Waals surface area contributed by atoms with Gasteiger partial charge in [0.15, 0.2) is 5.82 Å². The Morgan fingerprint density at radius 3 is 2.13 bits per heavy atom. The summed E-state index contributed by atoms with van der Waals surface area (Å²) in [5.41, 5.74) is 5.31. The molecule has 0 bridgehead atoms. The second kappa shape index (κ2) is 6.50. The zero-order valence-corrected chi connectivity index (χ0v) is 15.0. The van der Waals surface area contributed by atoms with Gasteiger partial charge in [-0.3, -0.25) is 0 Å². The van der Waals surface area contributed by atoms with Gasteiger partial charge < -0.3 is 5.32 Å². The molecule has 3 nitrogen and oxygen atoms in total. The van der Waals surface area contributed by atoms with Crippen LogP contribution < -0.4 is 5.32 Å². The first-order valence-corrected chi connectivity index (χ1v) is 8.27. The predicted octanol–water partition coefficient (Wildman–Crippen LogP) is 5.57. The lowest BCUT2D eigenvalue weighted by molar-refractivity contribution is 1.07. The summed E-state index contributed by atoms with van der Waals surface area (Å²) in [5, 5.41) is 3.40. The molecule has 2 aromatic carbocycles. The van der Waals surface area contributed by atoms with Crippen molar-refractivity contribution in [1.29, 1.82) is 0 Å². The van der Waals surface area contributed by atoms with Crippen LogP contribution in [0.5, 0.6) is 0 Å². The molecule has 0 aliphatic rings. The second-order valence-corrected chi connectivity index (χ2v) is 6.52. The van der Waals surface area contributed by atoms with Gasteiger partial charge in [0, 0.05) is 27.0 Å². The zero-order valence-electron chi connectivity index (χ0n) is 13.4. The van der Waals surface area contributed by atoms with E-state index >= 15 is 0 Å². The van der Waals surface area contributed by atoms with Crippen LogP contribution in [0.3, 0.4) is 0 Å². The van der Waals surface area contributed by atoms with E-state index in [4.69, 9.17) is 4.98 Å². The molecule has 1 aromatic heterocycles. The normalized spacial score (nSPS) is 10.6.